The molecule has 0 aliphatic heterocycles. The SMILES string of the molecule is Cc1cccc(-c2ccc3c(c2)c2cc(-c4cccc(C)c4)ccc2n3-c2ccc(-c3nc(-c4ccccc4)nc(-c4ccccc4)n3)c(C#N)c2)c1. The molecular weight excluding hydrogens is 647 g/mol. The Morgan fingerprint density at radius 3 is 1.40 bits per heavy atom. The average Bonchev–Trinajstić information content (AvgIpc) is 3.54. The van der Waals surface area contributed by atoms with Gasteiger partial charge in [0.2, 0.25) is 0 Å². The Morgan fingerprint density at radius 2 is 0.906 bits per heavy atom. The molecule has 53 heavy (non-hydrogen) atoms. The maximum absolute atomic E-state index is 10.6. The molecule has 0 radical (unpaired) electrons. The van der Waals surface area contributed by atoms with Crippen LogP contribution >= 0.6 is 0 Å². The molecule has 9 aromatic rings. The molecule has 0 unspecified atom stereocenters. The van der Waals surface area contributed by atoms with Crippen molar-refractivity contribution in [1.82, 2.24) is 19.5 Å². The zero-order valence-corrected chi connectivity index (χ0v) is 29.3. The summed E-state index contributed by atoms with van der Waals surface area (Å²) in [6.07, 6.45) is 0. The summed E-state index contributed by atoms with van der Waals surface area (Å²) in [5, 5.41) is 12.9. The van der Waals surface area contributed by atoms with Gasteiger partial charge < -0.3 is 4.57 Å². The minimum atomic E-state index is 0.452. The van der Waals surface area contributed by atoms with Crippen LogP contribution in [0.3, 0.4) is 0 Å². The van der Waals surface area contributed by atoms with Gasteiger partial charge in [0, 0.05) is 33.2 Å². The lowest BCUT2D eigenvalue weighted by atomic mass is 9.99. The first-order chi connectivity index (χ1) is 26.0. The van der Waals surface area contributed by atoms with Gasteiger partial charge in [0.1, 0.15) is 0 Å². The Morgan fingerprint density at radius 1 is 0.434 bits per heavy atom. The minimum Gasteiger partial charge on any atom is -0.309 e. The normalized spacial score (nSPS) is 11.2. The van der Waals surface area contributed by atoms with E-state index in [2.05, 4.69) is 115 Å². The number of hydrogen-bond donors (Lipinski definition) is 0. The summed E-state index contributed by atoms with van der Waals surface area (Å²) in [7, 11) is 0. The van der Waals surface area contributed by atoms with Gasteiger partial charge in [0.05, 0.1) is 22.7 Å². The summed E-state index contributed by atoms with van der Waals surface area (Å²) < 4.78 is 2.26. The van der Waals surface area contributed by atoms with Crippen molar-refractivity contribution in [1.29, 1.82) is 5.26 Å². The Labute approximate surface area is 308 Å². The predicted octanol–water partition coefficient (Wildman–Crippen LogP) is 11.8. The first-order valence-electron chi connectivity index (χ1n) is 17.7. The molecule has 0 N–H and O–H groups in total. The van der Waals surface area contributed by atoms with Crippen LogP contribution in [0, 0.1) is 25.2 Å². The third-order valence-corrected chi connectivity index (χ3v) is 9.79. The van der Waals surface area contributed by atoms with E-state index in [4.69, 9.17) is 15.0 Å². The Bertz CT molecular complexity index is 2700. The van der Waals surface area contributed by atoms with Crippen LogP contribution in [-0.4, -0.2) is 19.5 Å². The molecule has 2 aromatic heterocycles. The van der Waals surface area contributed by atoms with Crippen molar-refractivity contribution in [2.45, 2.75) is 13.8 Å². The van der Waals surface area contributed by atoms with E-state index in [0.717, 1.165) is 49.7 Å². The highest BCUT2D eigenvalue weighted by atomic mass is 15.0. The molecular formula is C48H33N5. The van der Waals surface area contributed by atoms with E-state index in [1.165, 1.54) is 22.3 Å². The number of rotatable bonds is 6. The molecule has 0 bridgehead atoms. The van der Waals surface area contributed by atoms with E-state index >= 15 is 0 Å². The van der Waals surface area contributed by atoms with Gasteiger partial charge in [-0.15, -0.1) is 0 Å². The summed E-state index contributed by atoms with van der Waals surface area (Å²) in [6.45, 7) is 4.25. The number of benzene rings is 7. The Kier molecular flexibility index (Phi) is 7.91. The van der Waals surface area contributed by atoms with Crippen molar-refractivity contribution >= 4 is 21.8 Å². The molecule has 0 spiro atoms. The maximum Gasteiger partial charge on any atom is 0.165 e. The fraction of sp³-hybridized carbons (Fsp3) is 0.0417. The molecule has 0 aliphatic carbocycles. The van der Waals surface area contributed by atoms with Gasteiger partial charge in [-0.1, -0.05) is 132 Å². The lowest BCUT2D eigenvalue weighted by Crippen LogP contribution is -2.02. The summed E-state index contributed by atoms with van der Waals surface area (Å²) >= 11 is 0. The fourth-order valence-corrected chi connectivity index (χ4v) is 7.20. The molecule has 0 saturated heterocycles. The Hall–Kier alpha value is -7.16. The van der Waals surface area contributed by atoms with Crippen LogP contribution in [0.1, 0.15) is 16.7 Å². The predicted molar refractivity (Wildman–Crippen MR) is 216 cm³/mol. The van der Waals surface area contributed by atoms with Crippen LogP contribution in [0.2, 0.25) is 0 Å². The summed E-state index contributed by atoms with van der Waals surface area (Å²) in [6, 6.07) is 58.8. The monoisotopic (exact) mass is 679 g/mol. The third kappa shape index (κ3) is 5.93. The van der Waals surface area contributed by atoms with E-state index in [0.29, 0.717) is 28.6 Å². The van der Waals surface area contributed by atoms with Crippen LogP contribution < -0.4 is 0 Å². The zero-order chi connectivity index (χ0) is 35.9. The number of aryl methyl sites for hydroxylation is 2. The minimum absolute atomic E-state index is 0.452. The van der Waals surface area contributed by atoms with E-state index in [-0.39, 0.29) is 0 Å². The van der Waals surface area contributed by atoms with Gasteiger partial charge in [0.15, 0.2) is 17.5 Å². The largest absolute Gasteiger partial charge is 0.309 e. The Balaban J connectivity index is 1.23. The number of nitrogens with zero attached hydrogens (tertiary/aromatic N) is 5. The summed E-state index contributed by atoms with van der Waals surface area (Å²) in [4.78, 5) is 14.7. The second-order valence-corrected chi connectivity index (χ2v) is 13.4. The maximum atomic E-state index is 10.6. The topological polar surface area (TPSA) is 67.4 Å². The smallest absolute Gasteiger partial charge is 0.165 e. The molecule has 0 saturated carbocycles. The quantitative estimate of drug-likeness (QED) is 0.175. The van der Waals surface area contributed by atoms with Crippen LogP contribution in [0.4, 0.5) is 0 Å². The first kappa shape index (κ1) is 31.8. The molecule has 250 valence electrons. The molecule has 2 heterocycles. The second kappa shape index (κ2) is 13.2. The molecule has 0 amide bonds. The highest BCUT2D eigenvalue weighted by Gasteiger charge is 2.19. The average molecular weight is 680 g/mol. The van der Waals surface area contributed by atoms with E-state index < -0.39 is 0 Å². The van der Waals surface area contributed by atoms with Crippen molar-refractivity contribution in [2.24, 2.45) is 0 Å². The van der Waals surface area contributed by atoms with Crippen LogP contribution in [0.15, 0.2) is 164 Å². The summed E-state index contributed by atoms with van der Waals surface area (Å²) in [5.74, 6) is 1.56. The fourth-order valence-electron chi connectivity index (χ4n) is 7.20. The van der Waals surface area contributed by atoms with Gasteiger partial charge in [-0.05, 0) is 78.6 Å². The number of hydrogen-bond acceptors (Lipinski definition) is 4. The van der Waals surface area contributed by atoms with Gasteiger partial charge >= 0.3 is 0 Å². The number of nitriles is 1. The van der Waals surface area contributed by atoms with Crippen molar-refractivity contribution < 1.29 is 0 Å². The lowest BCUT2D eigenvalue weighted by Gasteiger charge is -2.12. The molecule has 0 aliphatic rings. The zero-order valence-electron chi connectivity index (χ0n) is 29.3. The van der Waals surface area contributed by atoms with Crippen LogP contribution in [0.25, 0.3) is 83.9 Å². The molecule has 0 atom stereocenters. The van der Waals surface area contributed by atoms with Gasteiger partial charge in [-0.2, -0.15) is 5.26 Å². The summed E-state index contributed by atoms with van der Waals surface area (Å²) in [5.41, 5.74) is 13.0. The first-order valence-corrected chi connectivity index (χ1v) is 17.7. The number of aromatic nitrogens is 4. The van der Waals surface area contributed by atoms with Gasteiger partial charge in [-0.3, -0.25) is 0 Å². The van der Waals surface area contributed by atoms with E-state index in [1.54, 1.807) is 0 Å². The van der Waals surface area contributed by atoms with E-state index in [1.807, 2.05) is 72.8 Å². The molecule has 5 heteroatoms. The molecule has 5 nitrogen and oxygen atoms in total. The standard InChI is InChI=1S/C48H33N5/c1-31-11-9-17-35(25-31)37-19-23-44-42(28-37)43-29-38(36-18-10-12-32(2)26-36)20-24-45(43)53(44)40-21-22-41(39(27-40)30-49)48-51-46(33-13-5-3-6-14-33)50-47(52-48)34-15-7-4-8-16-34/h3-29H,1-2H3. The molecule has 7 aromatic carbocycles. The highest BCUT2D eigenvalue weighted by Crippen LogP contribution is 2.38. The highest BCUT2D eigenvalue weighted by molar-refractivity contribution is 6.11. The van der Waals surface area contributed by atoms with Gasteiger partial charge in [0.25, 0.3) is 0 Å². The van der Waals surface area contributed by atoms with Crippen molar-refractivity contribution in [3.05, 3.63) is 180 Å². The lowest BCUT2D eigenvalue weighted by molar-refractivity contribution is 1.07. The van der Waals surface area contributed by atoms with Crippen LogP contribution in [-0.2, 0) is 0 Å². The van der Waals surface area contributed by atoms with E-state index in [9.17, 15) is 5.26 Å². The second-order valence-electron chi connectivity index (χ2n) is 13.4. The number of fused-ring (bicyclic) bond motifs is 3. The molecule has 9 rings (SSSR count). The third-order valence-electron chi connectivity index (χ3n) is 9.79. The van der Waals surface area contributed by atoms with Crippen molar-refractivity contribution in [3.63, 3.8) is 0 Å². The van der Waals surface area contributed by atoms with Crippen LogP contribution in [0.5, 0.6) is 0 Å². The molecule has 0 fully saturated rings. The van der Waals surface area contributed by atoms with Crippen molar-refractivity contribution in [3.8, 4) is 68.2 Å². The van der Waals surface area contributed by atoms with Crippen molar-refractivity contribution in [2.75, 3.05) is 0 Å². The van der Waals surface area contributed by atoms with Gasteiger partial charge in [-0.25, -0.2) is 15.0 Å².